The summed E-state index contributed by atoms with van der Waals surface area (Å²) in [7, 11) is -3.92. The highest BCUT2D eigenvalue weighted by molar-refractivity contribution is 7.89. The van der Waals surface area contributed by atoms with Gasteiger partial charge in [0.1, 0.15) is 11.4 Å². The van der Waals surface area contributed by atoms with Gasteiger partial charge >= 0.3 is 5.97 Å². The Balaban J connectivity index is 2.35. The number of carboxylic acids is 1. The van der Waals surface area contributed by atoms with E-state index in [1.165, 1.54) is 6.20 Å². The maximum atomic E-state index is 12.3. The van der Waals surface area contributed by atoms with Gasteiger partial charge in [0.2, 0.25) is 0 Å². The van der Waals surface area contributed by atoms with Crippen molar-refractivity contribution in [2.24, 2.45) is 5.92 Å². The molecule has 7 nitrogen and oxygen atoms in total. The molecule has 0 aromatic carbocycles. The molecule has 1 aromatic rings. The molecule has 112 valence electrons. The summed E-state index contributed by atoms with van der Waals surface area (Å²) < 4.78 is 27.0. The highest BCUT2D eigenvalue weighted by Gasteiger charge is 2.48. The Kier molecular flexibility index (Phi) is 3.88. The van der Waals surface area contributed by atoms with E-state index in [1.807, 2.05) is 0 Å². The topological polar surface area (TPSA) is 112 Å². The second kappa shape index (κ2) is 5.17. The number of carboxylic acid groups (broad SMARTS) is 1. The van der Waals surface area contributed by atoms with Gasteiger partial charge in [-0.25, -0.2) is 13.4 Å². The second-order valence-corrected chi connectivity index (χ2v) is 7.01. The molecule has 1 aromatic heterocycles. The molecular weight excluding hydrogens is 282 g/mol. The van der Waals surface area contributed by atoms with Gasteiger partial charge in [0.25, 0.3) is 10.0 Å². The zero-order chi connectivity index (χ0) is 15.0. The van der Waals surface area contributed by atoms with E-state index < -0.39 is 21.5 Å². The lowest BCUT2D eigenvalue weighted by molar-refractivity contribution is -0.147. The third kappa shape index (κ3) is 2.57. The molecule has 0 aliphatic heterocycles. The number of aromatic nitrogens is 2. The van der Waals surface area contributed by atoms with Crippen molar-refractivity contribution < 1.29 is 18.3 Å². The van der Waals surface area contributed by atoms with Crippen LogP contribution in [0, 0.1) is 12.8 Å². The minimum absolute atomic E-state index is 0.103. The number of aliphatic carboxylic acids is 1. The van der Waals surface area contributed by atoms with E-state index in [0.717, 1.165) is 6.42 Å². The van der Waals surface area contributed by atoms with Crippen LogP contribution in [-0.2, 0) is 14.8 Å². The summed E-state index contributed by atoms with van der Waals surface area (Å²) in [5, 5.41) is 9.42. The molecule has 2 unspecified atom stereocenters. The molecule has 1 saturated carbocycles. The standard InChI is InChI=1S/C12H19N3O4S/c1-8-5-3-4-6-12(8,11(16)17)15-20(18,19)10-7-13-9(2)14-10/h7-8,15H,3-6H2,1-2H3,(H,13,14)(H,16,17). The zero-order valence-corrected chi connectivity index (χ0v) is 12.3. The number of imidazole rings is 1. The van der Waals surface area contributed by atoms with Gasteiger partial charge < -0.3 is 10.1 Å². The number of rotatable bonds is 4. The van der Waals surface area contributed by atoms with Gasteiger partial charge in [-0.15, -0.1) is 0 Å². The van der Waals surface area contributed by atoms with Crippen LogP contribution in [0.4, 0.5) is 0 Å². The average molecular weight is 301 g/mol. The SMILES string of the molecule is Cc1ncc(S(=O)(=O)NC2(C(=O)O)CCCCC2C)[nH]1. The quantitative estimate of drug-likeness (QED) is 0.769. The first-order valence-corrected chi connectivity index (χ1v) is 8.05. The molecule has 0 radical (unpaired) electrons. The Morgan fingerprint density at radius 2 is 2.25 bits per heavy atom. The number of H-pyrrole nitrogens is 1. The molecule has 3 N–H and O–H groups in total. The molecule has 0 spiro atoms. The lowest BCUT2D eigenvalue weighted by Gasteiger charge is -2.38. The van der Waals surface area contributed by atoms with Gasteiger partial charge in [-0.1, -0.05) is 19.8 Å². The molecule has 0 saturated heterocycles. The lowest BCUT2D eigenvalue weighted by Crippen LogP contribution is -2.59. The van der Waals surface area contributed by atoms with Gasteiger partial charge in [0.15, 0.2) is 5.03 Å². The third-order valence-electron chi connectivity index (χ3n) is 3.97. The summed E-state index contributed by atoms with van der Waals surface area (Å²) in [4.78, 5) is 18.1. The van der Waals surface area contributed by atoms with Crippen molar-refractivity contribution in [1.82, 2.24) is 14.7 Å². The summed E-state index contributed by atoms with van der Waals surface area (Å²) in [6.45, 7) is 3.41. The number of hydrogen-bond acceptors (Lipinski definition) is 4. The fourth-order valence-corrected chi connectivity index (χ4v) is 4.14. The molecule has 2 atom stereocenters. The van der Waals surface area contributed by atoms with Crippen molar-refractivity contribution in [2.75, 3.05) is 0 Å². The monoisotopic (exact) mass is 301 g/mol. The summed E-state index contributed by atoms with van der Waals surface area (Å²) in [6.07, 6.45) is 3.80. The van der Waals surface area contributed by atoms with Crippen LogP contribution in [0.2, 0.25) is 0 Å². The first-order valence-electron chi connectivity index (χ1n) is 6.57. The molecule has 0 amide bonds. The number of hydrogen-bond donors (Lipinski definition) is 3. The van der Waals surface area contributed by atoms with Crippen LogP contribution in [0.5, 0.6) is 0 Å². The Hall–Kier alpha value is -1.41. The van der Waals surface area contributed by atoms with E-state index >= 15 is 0 Å². The smallest absolute Gasteiger partial charge is 0.325 e. The molecular formula is C12H19N3O4S. The highest BCUT2D eigenvalue weighted by Crippen LogP contribution is 2.35. The number of nitrogens with one attached hydrogen (secondary N) is 2. The second-order valence-electron chi connectivity index (χ2n) is 5.36. The van der Waals surface area contributed by atoms with Crippen molar-refractivity contribution >= 4 is 16.0 Å². The third-order valence-corrected chi connectivity index (χ3v) is 5.39. The molecule has 8 heteroatoms. The van der Waals surface area contributed by atoms with E-state index in [-0.39, 0.29) is 10.9 Å². The minimum atomic E-state index is -3.92. The van der Waals surface area contributed by atoms with Crippen LogP contribution >= 0.6 is 0 Å². The Labute approximate surface area is 117 Å². The van der Waals surface area contributed by atoms with Crippen LogP contribution in [0.1, 0.15) is 38.4 Å². The Bertz CT molecular complexity index is 610. The maximum Gasteiger partial charge on any atom is 0.325 e. The number of aromatic amines is 1. The highest BCUT2D eigenvalue weighted by atomic mass is 32.2. The minimum Gasteiger partial charge on any atom is -0.480 e. The number of carbonyl (C=O) groups is 1. The summed E-state index contributed by atoms with van der Waals surface area (Å²) in [5.74, 6) is -0.913. The zero-order valence-electron chi connectivity index (χ0n) is 11.5. The number of aryl methyl sites for hydroxylation is 1. The van der Waals surface area contributed by atoms with Gasteiger partial charge in [-0.05, 0) is 25.7 Å². The summed E-state index contributed by atoms with van der Waals surface area (Å²) in [6, 6.07) is 0. The summed E-state index contributed by atoms with van der Waals surface area (Å²) in [5.41, 5.74) is -1.43. The summed E-state index contributed by atoms with van der Waals surface area (Å²) >= 11 is 0. The van der Waals surface area contributed by atoms with Gasteiger partial charge in [-0.3, -0.25) is 4.79 Å². The van der Waals surface area contributed by atoms with E-state index in [1.54, 1.807) is 13.8 Å². The van der Waals surface area contributed by atoms with Crippen LogP contribution in [0.3, 0.4) is 0 Å². The van der Waals surface area contributed by atoms with E-state index in [9.17, 15) is 18.3 Å². The van der Waals surface area contributed by atoms with Crippen LogP contribution in [0.25, 0.3) is 0 Å². The molecule has 1 aliphatic rings. The van der Waals surface area contributed by atoms with Crippen molar-refractivity contribution in [2.45, 2.75) is 50.1 Å². The number of nitrogens with zero attached hydrogens (tertiary/aromatic N) is 1. The van der Waals surface area contributed by atoms with Crippen molar-refractivity contribution in [3.8, 4) is 0 Å². The molecule has 0 bridgehead atoms. The normalized spacial score (nSPS) is 27.4. The first-order chi connectivity index (χ1) is 9.28. The largest absolute Gasteiger partial charge is 0.480 e. The maximum absolute atomic E-state index is 12.3. The fourth-order valence-electron chi connectivity index (χ4n) is 2.69. The molecule has 2 rings (SSSR count). The van der Waals surface area contributed by atoms with Gasteiger partial charge in [0, 0.05) is 0 Å². The van der Waals surface area contributed by atoms with Crippen molar-refractivity contribution in [3.05, 3.63) is 12.0 Å². The van der Waals surface area contributed by atoms with E-state index in [0.29, 0.717) is 25.1 Å². The first kappa shape index (κ1) is 15.0. The van der Waals surface area contributed by atoms with Crippen LogP contribution in [-0.4, -0.2) is 35.0 Å². The number of sulfonamides is 1. The van der Waals surface area contributed by atoms with Crippen molar-refractivity contribution in [1.29, 1.82) is 0 Å². The predicted octanol–water partition coefficient (Wildman–Crippen LogP) is 1.03. The fraction of sp³-hybridized carbons (Fsp3) is 0.667. The Morgan fingerprint density at radius 1 is 1.55 bits per heavy atom. The van der Waals surface area contributed by atoms with Crippen LogP contribution < -0.4 is 4.72 Å². The van der Waals surface area contributed by atoms with Gasteiger partial charge in [-0.2, -0.15) is 4.72 Å². The van der Waals surface area contributed by atoms with E-state index in [2.05, 4.69) is 14.7 Å². The molecule has 1 fully saturated rings. The molecule has 1 heterocycles. The molecule has 1 aliphatic carbocycles. The average Bonchev–Trinajstić information content (AvgIpc) is 2.79. The van der Waals surface area contributed by atoms with Crippen LogP contribution in [0.15, 0.2) is 11.2 Å². The van der Waals surface area contributed by atoms with Gasteiger partial charge in [0.05, 0.1) is 6.20 Å². The van der Waals surface area contributed by atoms with E-state index in [4.69, 9.17) is 0 Å². The van der Waals surface area contributed by atoms with Crippen molar-refractivity contribution in [3.63, 3.8) is 0 Å². The predicted molar refractivity (Wildman–Crippen MR) is 71.6 cm³/mol. The lowest BCUT2D eigenvalue weighted by atomic mass is 9.74. The Morgan fingerprint density at radius 3 is 2.75 bits per heavy atom. The molecule has 20 heavy (non-hydrogen) atoms.